The van der Waals surface area contributed by atoms with Gasteiger partial charge >= 0.3 is 0 Å². The second-order valence-corrected chi connectivity index (χ2v) is 7.15. The first-order valence-electron chi connectivity index (χ1n) is 9.21. The Balaban J connectivity index is 1.67. The highest BCUT2D eigenvalue weighted by Crippen LogP contribution is 2.15. The van der Waals surface area contributed by atoms with E-state index in [9.17, 15) is 4.79 Å². The lowest BCUT2D eigenvalue weighted by atomic mass is 10.2. The summed E-state index contributed by atoms with van der Waals surface area (Å²) < 4.78 is 7.69. The molecule has 1 atom stereocenters. The third-order valence-electron chi connectivity index (χ3n) is 4.85. The van der Waals surface area contributed by atoms with E-state index in [0.29, 0.717) is 26.1 Å². The maximum atomic E-state index is 12.9. The summed E-state index contributed by atoms with van der Waals surface area (Å²) >= 11 is 0. The molecule has 3 heterocycles. The van der Waals surface area contributed by atoms with Gasteiger partial charge in [0.1, 0.15) is 0 Å². The lowest BCUT2D eigenvalue weighted by Gasteiger charge is -2.34. The van der Waals surface area contributed by atoms with Gasteiger partial charge in [-0.25, -0.2) is 0 Å². The van der Waals surface area contributed by atoms with E-state index < -0.39 is 0 Å². The average Bonchev–Trinajstić information content (AvgIpc) is 3.22. The summed E-state index contributed by atoms with van der Waals surface area (Å²) in [7, 11) is 2.10. The van der Waals surface area contributed by atoms with Crippen LogP contribution >= 0.6 is 0 Å². The molecule has 26 heavy (non-hydrogen) atoms. The highest BCUT2D eigenvalue weighted by molar-refractivity contribution is 5.76. The second kappa shape index (κ2) is 8.51. The van der Waals surface area contributed by atoms with Gasteiger partial charge in [0.05, 0.1) is 12.7 Å². The zero-order chi connectivity index (χ0) is 18.5. The number of H-pyrrole nitrogens is 1. The molecule has 0 bridgehead atoms. The number of nitrogens with one attached hydrogen (secondary N) is 1. The van der Waals surface area contributed by atoms with Crippen molar-refractivity contribution < 1.29 is 9.53 Å². The monoisotopic (exact) mass is 359 g/mol. The van der Waals surface area contributed by atoms with Crippen molar-refractivity contribution in [1.82, 2.24) is 24.6 Å². The number of carbonyl (C=O) groups excluding carboxylic acids is 1. The zero-order valence-corrected chi connectivity index (χ0v) is 15.9. The minimum atomic E-state index is 0.0581. The number of aromatic nitrogens is 3. The number of aromatic amines is 1. The summed E-state index contributed by atoms with van der Waals surface area (Å²) in [6.45, 7) is 8.44. The van der Waals surface area contributed by atoms with Gasteiger partial charge in [0.15, 0.2) is 0 Å². The van der Waals surface area contributed by atoms with Gasteiger partial charge in [-0.05, 0) is 38.6 Å². The molecule has 2 aromatic rings. The van der Waals surface area contributed by atoms with Crippen molar-refractivity contribution in [3.8, 4) is 0 Å². The van der Waals surface area contributed by atoms with E-state index in [1.165, 1.54) is 5.56 Å². The number of carbonyl (C=O) groups is 1. The summed E-state index contributed by atoms with van der Waals surface area (Å²) in [5.41, 5.74) is 3.41. The van der Waals surface area contributed by atoms with E-state index in [1.54, 1.807) is 10.9 Å². The minimum Gasteiger partial charge on any atom is -0.374 e. The molecule has 0 radical (unpaired) electrons. The quantitative estimate of drug-likeness (QED) is 0.815. The van der Waals surface area contributed by atoms with Crippen LogP contribution < -0.4 is 0 Å². The number of rotatable bonds is 7. The first-order valence-corrected chi connectivity index (χ1v) is 9.21. The fraction of sp³-hybridized carbons (Fsp3) is 0.579. The number of hydrogen-bond acceptors (Lipinski definition) is 4. The third kappa shape index (κ3) is 4.95. The first kappa shape index (κ1) is 18.7. The standard InChI is InChI=1S/C19H29N5O2/c1-15-11-17(16(2)21-15)12-23(14-18-13-22(3)9-10-26-18)19(25)5-8-24-7-4-6-20-24/h4,6-7,11,18,21H,5,8-10,12-14H2,1-3H3/t18-/m1/s1. The molecule has 1 amide bonds. The Morgan fingerprint density at radius 2 is 2.31 bits per heavy atom. The molecule has 7 nitrogen and oxygen atoms in total. The van der Waals surface area contributed by atoms with Crippen molar-refractivity contribution in [1.29, 1.82) is 0 Å². The van der Waals surface area contributed by atoms with Crippen molar-refractivity contribution >= 4 is 5.91 Å². The summed E-state index contributed by atoms with van der Waals surface area (Å²) in [4.78, 5) is 20.4. The minimum absolute atomic E-state index is 0.0581. The van der Waals surface area contributed by atoms with Crippen LogP contribution in [0, 0.1) is 13.8 Å². The number of likely N-dealkylation sites (N-methyl/N-ethyl adjacent to an activating group) is 1. The summed E-state index contributed by atoms with van der Waals surface area (Å²) in [5, 5.41) is 4.18. The molecule has 1 fully saturated rings. The van der Waals surface area contributed by atoms with Crippen molar-refractivity contribution in [2.45, 2.75) is 39.5 Å². The third-order valence-corrected chi connectivity index (χ3v) is 4.85. The molecular formula is C19H29N5O2. The van der Waals surface area contributed by atoms with Gasteiger partial charge in [-0.15, -0.1) is 0 Å². The number of amides is 1. The van der Waals surface area contributed by atoms with Gasteiger partial charge in [-0.2, -0.15) is 5.10 Å². The molecule has 3 rings (SSSR count). The highest BCUT2D eigenvalue weighted by Gasteiger charge is 2.24. The molecule has 1 aliphatic rings. The zero-order valence-electron chi connectivity index (χ0n) is 15.9. The van der Waals surface area contributed by atoms with Crippen LogP contribution in [0.15, 0.2) is 24.5 Å². The van der Waals surface area contributed by atoms with Crippen LogP contribution in [0.1, 0.15) is 23.4 Å². The van der Waals surface area contributed by atoms with Crippen LogP contribution in [0.2, 0.25) is 0 Å². The van der Waals surface area contributed by atoms with E-state index in [-0.39, 0.29) is 12.0 Å². The van der Waals surface area contributed by atoms with Crippen molar-refractivity contribution in [2.24, 2.45) is 0 Å². The van der Waals surface area contributed by atoms with Gasteiger partial charge < -0.3 is 19.5 Å². The number of aryl methyl sites for hydroxylation is 3. The molecule has 0 aromatic carbocycles. The normalized spacial score (nSPS) is 18.2. The van der Waals surface area contributed by atoms with E-state index in [1.807, 2.05) is 24.1 Å². The van der Waals surface area contributed by atoms with Gasteiger partial charge in [0.25, 0.3) is 0 Å². The van der Waals surface area contributed by atoms with Crippen LogP contribution in [-0.4, -0.2) is 69.9 Å². The highest BCUT2D eigenvalue weighted by atomic mass is 16.5. The van der Waals surface area contributed by atoms with Gasteiger partial charge in [0, 0.05) is 62.9 Å². The van der Waals surface area contributed by atoms with Crippen LogP contribution in [0.25, 0.3) is 0 Å². The average molecular weight is 359 g/mol. The molecular weight excluding hydrogens is 330 g/mol. The number of morpholine rings is 1. The second-order valence-electron chi connectivity index (χ2n) is 7.15. The van der Waals surface area contributed by atoms with Crippen molar-refractivity contribution in [3.63, 3.8) is 0 Å². The van der Waals surface area contributed by atoms with E-state index in [0.717, 1.165) is 31.1 Å². The smallest absolute Gasteiger partial charge is 0.224 e. The number of ether oxygens (including phenoxy) is 1. The Kier molecular flexibility index (Phi) is 6.11. The molecule has 0 aliphatic carbocycles. The SMILES string of the molecule is Cc1cc(CN(C[C@H]2CN(C)CCO2)C(=O)CCn2cccn2)c(C)[nH]1. The summed E-state index contributed by atoms with van der Waals surface area (Å²) in [6.07, 6.45) is 4.12. The Hall–Kier alpha value is -2.12. The first-order chi connectivity index (χ1) is 12.5. The fourth-order valence-corrected chi connectivity index (χ4v) is 3.43. The van der Waals surface area contributed by atoms with Gasteiger partial charge in [0.2, 0.25) is 5.91 Å². The van der Waals surface area contributed by atoms with Crippen molar-refractivity contribution in [2.75, 3.05) is 33.3 Å². The van der Waals surface area contributed by atoms with Crippen molar-refractivity contribution in [3.05, 3.63) is 41.5 Å². The molecule has 1 aliphatic heterocycles. The lowest BCUT2D eigenvalue weighted by Crippen LogP contribution is -2.47. The molecule has 0 saturated carbocycles. The number of nitrogens with zero attached hydrogens (tertiary/aromatic N) is 4. The predicted octanol–water partition coefficient (Wildman–Crippen LogP) is 1.58. The molecule has 142 valence electrons. The van der Waals surface area contributed by atoms with Crippen LogP contribution in [0.4, 0.5) is 0 Å². The van der Waals surface area contributed by atoms with Crippen LogP contribution in [0.5, 0.6) is 0 Å². The summed E-state index contributed by atoms with van der Waals surface area (Å²) in [6, 6.07) is 4.00. The van der Waals surface area contributed by atoms with Crippen LogP contribution in [-0.2, 0) is 22.6 Å². The summed E-state index contributed by atoms with van der Waals surface area (Å²) in [5.74, 6) is 0.135. The Morgan fingerprint density at radius 1 is 1.46 bits per heavy atom. The molecule has 0 unspecified atom stereocenters. The Morgan fingerprint density at radius 3 is 2.96 bits per heavy atom. The number of hydrogen-bond donors (Lipinski definition) is 1. The Labute approximate surface area is 154 Å². The molecule has 1 N–H and O–H groups in total. The van der Waals surface area contributed by atoms with Gasteiger partial charge in [-0.1, -0.05) is 0 Å². The predicted molar refractivity (Wildman–Crippen MR) is 99.8 cm³/mol. The maximum Gasteiger partial charge on any atom is 0.224 e. The molecule has 7 heteroatoms. The van der Waals surface area contributed by atoms with E-state index in [4.69, 9.17) is 4.74 Å². The van der Waals surface area contributed by atoms with Crippen LogP contribution in [0.3, 0.4) is 0 Å². The largest absolute Gasteiger partial charge is 0.374 e. The molecule has 1 saturated heterocycles. The lowest BCUT2D eigenvalue weighted by molar-refractivity contribution is -0.135. The maximum absolute atomic E-state index is 12.9. The topological polar surface area (TPSA) is 66.4 Å². The van der Waals surface area contributed by atoms with E-state index >= 15 is 0 Å². The van der Waals surface area contributed by atoms with Gasteiger partial charge in [-0.3, -0.25) is 9.48 Å². The van der Waals surface area contributed by atoms with E-state index in [2.05, 4.69) is 35.0 Å². The fourth-order valence-electron chi connectivity index (χ4n) is 3.43. The molecule has 2 aromatic heterocycles. The Bertz CT molecular complexity index is 710. The molecule has 0 spiro atoms.